The van der Waals surface area contributed by atoms with Crippen molar-refractivity contribution in [2.24, 2.45) is 0 Å². The highest BCUT2D eigenvalue weighted by Gasteiger charge is 2.42. The van der Waals surface area contributed by atoms with Gasteiger partial charge in [-0.25, -0.2) is 0 Å². The first-order valence-corrected chi connectivity index (χ1v) is 5.04. The Kier molecular flexibility index (Phi) is 4.53. The van der Waals surface area contributed by atoms with Crippen molar-refractivity contribution in [2.75, 3.05) is 6.61 Å². The minimum absolute atomic E-state index is 0.116. The van der Waals surface area contributed by atoms with Gasteiger partial charge in [-0.15, -0.1) is 0 Å². The van der Waals surface area contributed by atoms with Gasteiger partial charge in [0.15, 0.2) is 0 Å². The molecule has 3 N–H and O–H groups in total. The van der Waals surface area contributed by atoms with Crippen molar-refractivity contribution >= 4 is 0 Å². The summed E-state index contributed by atoms with van der Waals surface area (Å²) in [7, 11) is 0. The van der Waals surface area contributed by atoms with Gasteiger partial charge >= 0.3 is 0 Å². The molecule has 1 saturated heterocycles. The molecule has 15 heavy (non-hydrogen) atoms. The molecular weight excluding hydrogens is 200 g/mol. The summed E-state index contributed by atoms with van der Waals surface area (Å²) in [5.41, 5.74) is 0. The van der Waals surface area contributed by atoms with Gasteiger partial charge in [0.1, 0.15) is 31.0 Å². The Morgan fingerprint density at radius 3 is 2.33 bits per heavy atom. The third-order valence-electron chi connectivity index (χ3n) is 2.59. The molecule has 5 atom stereocenters. The van der Waals surface area contributed by atoms with Gasteiger partial charge in [-0.1, -0.05) is 13.5 Å². The van der Waals surface area contributed by atoms with Crippen LogP contribution in [0.4, 0.5) is 0 Å². The van der Waals surface area contributed by atoms with E-state index < -0.39 is 30.5 Å². The highest BCUT2D eigenvalue weighted by atomic mass is 16.6. The lowest BCUT2D eigenvalue weighted by Crippen LogP contribution is -2.58. The highest BCUT2D eigenvalue weighted by Crippen LogP contribution is 2.23. The minimum atomic E-state index is -1.19. The Labute approximate surface area is 88.9 Å². The molecule has 1 fully saturated rings. The van der Waals surface area contributed by atoms with Crippen LogP contribution in [-0.2, 0) is 9.47 Å². The quantitative estimate of drug-likeness (QED) is 0.549. The number of hydrogen-bond acceptors (Lipinski definition) is 5. The standard InChI is InChI=1S/C10H18O5/c1-3-6-8(11)10(13)9(12)7(15-6)5-14-4-2/h4,6-13H,2-3,5H2,1H3/t6-,7?,8-,9+,10+/m1/s1. The molecule has 0 radical (unpaired) electrons. The molecule has 0 bridgehead atoms. The average Bonchev–Trinajstić information content (AvgIpc) is 2.25. The molecule has 1 aliphatic rings. The molecule has 0 aliphatic carbocycles. The Morgan fingerprint density at radius 2 is 1.80 bits per heavy atom. The van der Waals surface area contributed by atoms with Crippen molar-refractivity contribution in [1.82, 2.24) is 0 Å². The first-order valence-electron chi connectivity index (χ1n) is 5.04. The Morgan fingerprint density at radius 1 is 1.20 bits per heavy atom. The van der Waals surface area contributed by atoms with Crippen LogP contribution < -0.4 is 0 Å². The fraction of sp³-hybridized carbons (Fsp3) is 0.800. The molecular formula is C10H18O5. The van der Waals surface area contributed by atoms with Crippen molar-refractivity contribution in [2.45, 2.75) is 43.9 Å². The molecule has 0 saturated carbocycles. The van der Waals surface area contributed by atoms with Gasteiger partial charge in [-0.2, -0.15) is 0 Å². The van der Waals surface area contributed by atoms with E-state index in [4.69, 9.17) is 9.47 Å². The van der Waals surface area contributed by atoms with Crippen LogP contribution in [0.3, 0.4) is 0 Å². The Bertz CT molecular complexity index is 206. The van der Waals surface area contributed by atoms with Gasteiger partial charge in [-0.3, -0.25) is 0 Å². The van der Waals surface area contributed by atoms with Crippen LogP contribution in [0.15, 0.2) is 12.8 Å². The molecule has 0 spiro atoms. The summed E-state index contributed by atoms with van der Waals surface area (Å²) in [6.07, 6.45) is -2.67. The molecule has 1 heterocycles. The van der Waals surface area contributed by atoms with E-state index in [9.17, 15) is 15.3 Å². The Balaban J connectivity index is 2.60. The first kappa shape index (κ1) is 12.4. The summed E-state index contributed by atoms with van der Waals surface area (Å²) in [6.45, 7) is 5.33. The summed E-state index contributed by atoms with van der Waals surface area (Å²) < 4.78 is 10.3. The van der Waals surface area contributed by atoms with E-state index in [0.29, 0.717) is 6.42 Å². The second-order valence-electron chi connectivity index (χ2n) is 3.59. The van der Waals surface area contributed by atoms with E-state index in [0.717, 1.165) is 0 Å². The van der Waals surface area contributed by atoms with Crippen LogP contribution in [0.5, 0.6) is 0 Å². The van der Waals surface area contributed by atoms with Gasteiger partial charge < -0.3 is 24.8 Å². The van der Waals surface area contributed by atoms with Gasteiger partial charge in [0, 0.05) is 0 Å². The van der Waals surface area contributed by atoms with Crippen LogP contribution in [0.25, 0.3) is 0 Å². The summed E-state index contributed by atoms with van der Waals surface area (Å²) in [5, 5.41) is 28.7. The van der Waals surface area contributed by atoms with Crippen molar-refractivity contribution in [3.63, 3.8) is 0 Å². The smallest absolute Gasteiger partial charge is 0.120 e. The van der Waals surface area contributed by atoms with Gasteiger partial charge in [-0.05, 0) is 6.42 Å². The predicted molar refractivity (Wildman–Crippen MR) is 53.1 cm³/mol. The van der Waals surface area contributed by atoms with Crippen molar-refractivity contribution in [1.29, 1.82) is 0 Å². The third kappa shape index (κ3) is 2.69. The van der Waals surface area contributed by atoms with E-state index in [1.54, 1.807) is 0 Å². The zero-order chi connectivity index (χ0) is 11.4. The van der Waals surface area contributed by atoms with Crippen molar-refractivity contribution in [3.05, 3.63) is 12.8 Å². The van der Waals surface area contributed by atoms with Crippen LogP contribution >= 0.6 is 0 Å². The van der Waals surface area contributed by atoms with Crippen LogP contribution in [0.2, 0.25) is 0 Å². The average molecular weight is 218 g/mol. The number of rotatable bonds is 4. The van der Waals surface area contributed by atoms with Gasteiger partial charge in [0.25, 0.3) is 0 Å². The SMILES string of the molecule is C=COCC1O[C@H](CC)[C@@H](O)[C@H](O)[C@H]1O. The molecule has 5 nitrogen and oxygen atoms in total. The molecule has 0 aromatic heterocycles. The molecule has 1 aliphatic heterocycles. The normalized spacial score (nSPS) is 41.2. The van der Waals surface area contributed by atoms with Crippen molar-refractivity contribution < 1.29 is 24.8 Å². The summed E-state index contributed by atoms with van der Waals surface area (Å²) in [4.78, 5) is 0. The van der Waals surface area contributed by atoms with Crippen LogP contribution in [-0.4, -0.2) is 52.4 Å². The zero-order valence-electron chi connectivity index (χ0n) is 8.74. The molecule has 0 aromatic carbocycles. The van der Waals surface area contributed by atoms with Crippen LogP contribution in [0, 0.1) is 0 Å². The van der Waals surface area contributed by atoms with E-state index >= 15 is 0 Å². The number of aliphatic hydroxyl groups excluding tert-OH is 3. The summed E-state index contributed by atoms with van der Waals surface area (Å²) in [6, 6.07) is 0. The predicted octanol–water partition coefficient (Wildman–Crippen LogP) is -0.593. The zero-order valence-corrected chi connectivity index (χ0v) is 8.74. The highest BCUT2D eigenvalue weighted by molar-refractivity contribution is 4.91. The van der Waals surface area contributed by atoms with E-state index in [1.165, 1.54) is 6.26 Å². The minimum Gasteiger partial charge on any atom is -0.499 e. The maximum absolute atomic E-state index is 9.60. The number of aliphatic hydroxyl groups is 3. The lowest BCUT2D eigenvalue weighted by molar-refractivity contribution is -0.229. The van der Waals surface area contributed by atoms with Crippen molar-refractivity contribution in [3.8, 4) is 0 Å². The topological polar surface area (TPSA) is 79.2 Å². The van der Waals surface area contributed by atoms with E-state index in [2.05, 4.69) is 6.58 Å². The van der Waals surface area contributed by atoms with Gasteiger partial charge in [0.05, 0.1) is 12.4 Å². The van der Waals surface area contributed by atoms with Gasteiger partial charge in [0.2, 0.25) is 0 Å². The molecule has 0 amide bonds. The largest absolute Gasteiger partial charge is 0.499 e. The molecule has 0 aromatic rings. The Hall–Kier alpha value is -0.620. The summed E-state index contributed by atoms with van der Waals surface area (Å²) >= 11 is 0. The maximum Gasteiger partial charge on any atom is 0.120 e. The lowest BCUT2D eigenvalue weighted by Gasteiger charge is -2.40. The number of hydrogen-bond donors (Lipinski definition) is 3. The number of ether oxygens (including phenoxy) is 2. The fourth-order valence-corrected chi connectivity index (χ4v) is 1.67. The first-order chi connectivity index (χ1) is 7.11. The molecule has 88 valence electrons. The summed E-state index contributed by atoms with van der Waals surface area (Å²) in [5.74, 6) is 0. The third-order valence-corrected chi connectivity index (χ3v) is 2.59. The monoisotopic (exact) mass is 218 g/mol. The lowest BCUT2D eigenvalue weighted by atomic mass is 9.94. The molecule has 5 heteroatoms. The molecule has 1 rings (SSSR count). The van der Waals surface area contributed by atoms with E-state index in [-0.39, 0.29) is 6.61 Å². The van der Waals surface area contributed by atoms with Crippen LogP contribution in [0.1, 0.15) is 13.3 Å². The fourth-order valence-electron chi connectivity index (χ4n) is 1.67. The molecule has 1 unspecified atom stereocenters. The van der Waals surface area contributed by atoms with E-state index in [1.807, 2.05) is 6.92 Å². The second-order valence-corrected chi connectivity index (χ2v) is 3.59. The second kappa shape index (κ2) is 5.46. The maximum atomic E-state index is 9.60.